The van der Waals surface area contributed by atoms with Gasteiger partial charge in [0.2, 0.25) is 0 Å². The first-order valence-electron chi connectivity index (χ1n) is 6.78. The Bertz CT molecular complexity index is 564. The van der Waals surface area contributed by atoms with E-state index in [9.17, 15) is 22.8 Å². The van der Waals surface area contributed by atoms with Crippen molar-refractivity contribution in [3.05, 3.63) is 29.6 Å². The number of likely N-dealkylation sites (tertiary alicyclic amines) is 1. The van der Waals surface area contributed by atoms with Crippen molar-refractivity contribution in [1.29, 1.82) is 0 Å². The molecule has 0 bridgehead atoms. The van der Waals surface area contributed by atoms with Gasteiger partial charge in [-0.3, -0.25) is 9.59 Å². The van der Waals surface area contributed by atoms with E-state index in [4.69, 9.17) is 5.11 Å². The Hall–Kier alpha value is -2.09. The monoisotopic (exact) mass is 316 g/mol. The second-order valence-corrected chi connectivity index (χ2v) is 5.13. The summed E-state index contributed by atoms with van der Waals surface area (Å²) < 4.78 is 38.9. The average Bonchev–Trinajstić information content (AvgIpc) is 2.51. The van der Waals surface area contributed by atoms with E-state index in [1.54, 1.807) is 0 Å². The molecule has 1 fully saturated rings. The molecule has 0 saturated carbocycles. The summed E-state index contributed by atoms with van der Waals surface area (Å²) in [7, 11) is 0. The Morgan fingerprint density at radius 3 is 2.23 bits per heavy atom. The summed E-state index contributed by atoms with van der Waals surface area (Å²) in [4.78, 5) is 25.0. The standard InChI is InChI=1S/C14H15F3N2O3/c15-10-5-9(6-11(16)12(10)17)18-13(21)14(22)19-3-1-8(7-20)2-4-19/h5-6,8,20H,1-4,7H2,(H,18,21). The number of rotatable bonds is 2. The van der Waals surface area contributed by atoms with Crippen LogP contribution in [0.4, 0.5) is 18.9 Å². The van der Waals surface area contributed by atoms with E-state index in [-0.39, 0.29) is 18.2 Å². The Kier molecular flexibility index (Phi) is 5.02. The number of piperidine rings is 1. The first kappa shape index (κ1) is 16.3. The molecule has 0 spiro atoms. The van der Waals surface area contributed by atoms with E-state index in [1.165, 1.54) is 4.90 Å². The van der Waals surface area contributed by atoms with Gasteiger partial charge in [-0.1, -0.05) is 0 Å². The molecule has 0 radical (unpaired) electrons. The lowest BCUT2D eigenvalue weighted by atomic mass is 9.98. The maximum absolute atomic E-state index is 13.0. The van der Waals surface area contributed by atoms with Crippen LogP contribution in [0.1, 0.15) is 12.8 Å². The van der Waals surface area contributed by atoms with Crippen molar-refractivity contribution >= 4 is 17.5 Å². The van der Waals surface area contributed by atoms with E-state index in [0.29, 0.717) is 38.1 Å². The molecule has 8 heteroatoms. The van der Waals surface area contributed by atoms with Crippen molar-refractivity contribution in [2.45, 2.75) is 12.8 Å². The minimum atomic E-state index is -1.64. The number of carbonyl (C=O) groups excluding carboxylic acids is 2. The molecule has 1 aromatic carbocycles. The Morgan fingerprint density at radius 2 is 1.73 bits per heavy atom. The molecule has 1 aliphatic heterocycles. The maximum Gasteiger partial charge on any atom is 0.313 e. The number of aliphatic hydroxyl groups excluding tert-OH is 1. The third kappa shape index (κ3) is 3.56. The molecule has 2 N–H and O–H groups in total. The minimum Gasteiger partial charge on any atom is -0.396 e. The largest absolute Gasteiger partial charge is 0.396 e. The van der Waals surface area contributed by atoms with Crippen LogP contribution in [-0.4, -0.2) is 41.5 Å². The lowest BCUT2D eigenvalue weighted by Crippen LogP contribution is -2.44. The number of nitrogens with zero attached hydrogens (tertiary/aromatic N) is 1. The summed E-state index contributed by atoms with van der Waals surface area (Å²) >= 11 is 0. The van der Waals surface area contributed by atoms with Crippen molar-refractivity contribution in [2.75, 3.05) is 25.0 Å². The summed E-state index contributed by atoms with van der Waals surface area (Å²) in [5, 5.41) is 11.1. The highest BCUT2D eigenvalue weighted by atomic mass is 19.2. The quantitative estimate of drug-likeness (QED) is 0.638. The molecule has 5 nitrogen and oxygen atoms in total. The van der Waals surface area contributed by atoms with Crippen molar-refractivity contribution in [1.82, 2.24) is 4.90 Å². The van der Waals surface area contributed by atoms with Crippen molar-refractivity contribution in [3.63, 3.8) is 0 Å². The first-order chi connectivity index (χ1) is 10.4. The SMILES string of the molecule is O=C(Nc1cc(F)c(F)c(F)c1)C(=O)N1CCC(CO)CC1. The molecule has 0 atom stereocenters. The lowest BCUT2D eigenvalue weighted by molar-refractivity contribution is -0.144. The van der Waals surface area contributed by atoms with Gasteiger partial charge in [-0.05, 0) is 18.8 Å². The Balaban J connectivity index is 1.99. The van der Waals surface area contributed by atoms with Crippen LogP contribution < -0.4 is 5.32 Å². The van der Waals surface area contributed by atoms with Gasteiger partial charge in [0.1, 0.15) is 0 Å². The molecule has 2 rings (SSSR count). The van der Waals surface area contributed by atoms with Gasteiger partial charge < -0.3 is 15.3 Å². The minimum absolute atomic E-state index is 0.0301. The molecule has 22 heavy (non-hydrogen) atoms. The van der Waals surface area contributed by atoms with Gasteiger partial charge >= 0.3 is 11.8 Å². The number of nitrogens with one attached hydrogen (secondary N) is 1. The molecule has 2 amide bonds. The number of amides is 2. The van der Waals surface area contributed by atoms with Gasteiger partial charge in [0, 0.05) is 37.5 Å². The van der Waals surface area contributed by atoms with E-state index < -0.39 is 29.3 Å². The topological polar surface area (TPSA) is 69.6 Å². The number of anilines is 1. The summed E-state index contributed by atoms with van der Waals surface area (Å²) in [6.07, 6.45) is 1.16. The lowest BCUT2D eigenvalue weighted by Gasteiger charge is -2.30. The normalized spacial score (nSPS) is 15.7. The predicted octanol–water partition coefficient (Wildman–Crippen LogP) is 1.27. The summed E-state index contributed by atoms with van der Waals surface area (Å²) in [6, 6.07) is 1.20. The molecule has 1 saturated heterocycles. The molecule has 0 unspecified atom stereocenters. The fourth-order valence-corrected chi connectivity index (χ4v) is 2.27. The van der Waals surface area contributed by atoms with E-state index >= 15 is 0 Å². The number of halogens is 3. The molecule has 120 valence electrons. The predicted molar refractivity (Wildman–Crippen MR) is 71.3 cm³/mol. The van der Waals surface area contributed by atoms with Gasteiger partial charge in [-0.15, -0.1) is 0 Å². The fourth-order valence-electron chi connectivity index (χ4n) is 2.27. The fraction of sp³-hybridized carbons (Fsp3) is 0.429. The third-order valence-electron chi connectivity index (χ3n) is 3.60. The van der Waals surface area contributed by atoms with Gasteiger partial charge in [0.25, 0.3) is 0 Å². The Labute approximate surface area is 124 Å². The zero-order valence-corrected chi connectivity index (χ0v) is 11.6. The second kappa shape index (κ2) is 6.78. The third-order valence-corrected chi connectivity index (χ3v) is 3.60. The molecule has 1 heterocycles. The molecular weight excluding hydrogens is 301 g/mol. The zero-order chi connectivity index (χ0) is 16.3. The second-order valence-electron chi connectivity index (χ2n) is 5.13. The number of hydrogen-bond acceptors (Lipinski definition) is 3. The number of aliphatic hydroxyl groups is 1. The number of benzene rings is 1. The molecular formula is C14H15F3N2O3. The van der Waals surface area contributed by atoms with Crippen LogP contribution in [-0.2, 0) is 9.59 Å². The van der Waals surface area contributed by atoms with E-state index in [2.05, 4.69) is 0 Å². The van der Waals surface area contributed by atoms with Crippen LogP contribution in [0.5, 0.6) is 0 Å². The van der Waals surface area contributed by atoms with Crippen LogP contribution in [0.25, 0.3) is 0 Å². The Morgan fingerprint density at radius 1 is 1.18 bits per heavy atom. The van der Waals surface area contributed by atoms with Crippen LogP contribution in [0.15, 0.2) is 12.1 Å². The van der Waals surface area contributed by atoms with Crippen LogP contribution in [0.2, 0.25) is 0 Å². The van der Waals surface area contributed by atoms with E-state index in [1.807, 2.05) is 5.32 Å². The number of hydrogen-bond donors (Lipinski definition) is 2. The van der Waals surface area contributed by atoms with Crippen molar-refractivity contribution in [2.24, 2.45) is 5.92 Å². The van der Waals surface area contributed by atoms with Gasteiger partial charge in [-0.2, -0.15) is 0 Å². The van der Waals surface area contributed by atoms with Gasteiger partial charge in [0.15, 0.2) is 17.5 Å². The van der Waals surface area contributed by atoms with Crippen LogP contribution >= 0.6 is 0 Å². The molecule has 1 aliphatic rings. The smallest absolute Gasteiger partial charge is 0.313 e. The van der Waals surface area contributed by atoms with Crippen LogP contribution in [0.3, 0.4) is 0 Å². The molecule has 1 aromatic rings. The van der Waals surface area contributed by atoms with Crippen molar-refractivity contribution in [3.8, 4) is 0 Å². The first-order valence-corrected chi connectivity index (χ1v) is 6.78. The molecule has 0 aromatic heterocycles. The maximum atomic E-state index is 13.0. The summed E-state index contributed by atoms with van der Waals surface area (Å²) in [6.45, 7) is 0.676. The highest BCUT2D eigenvalue weighted by molar-refractivity contribution is 6.39. The van der Waals surface area contributed by atoms with Gasteiger partial charge in [0.05, 0.1) is 0 Å². The summed E-state index contributed by atoms with van der Waals surface area (Å²) in [5.41, 5.74) is -0.333. The number of carbonyl (C=O) groups is 2. The van der Waals surface area contributed by atoms with Crippen molar-refractivity contribution < 1.29 is 27.9 Å². The average molecular weight is 316 g/mol. The highest BCUT2D eigenvalue weighted by Crippen LogP contribution is 2.19. The van der Waals surface area contributed by atoms with Crippen LogP contribution in [0, 0.1) is 23.4 Å². The highest BCUT2D eigenvalue weighted by Gasteiger charge is 2.27. The van der Waals surface area contributed by atoms with Gasteiger partial charge in [-0.25, -0.2) is 13.2 Å². The summed E-state index contributed by atoms with van der Waals surface area (Å²) in [5.74, 6) is -6.32. The molecule has 0 aliphatic carbocycles. The van der Waals surface area contributed by atoms with E-state index in [0.717, 1.165) is 0 Å². The zero-order valence-electron chi connectivity index (χ0n) is 11.6.